The lowest BCUT2D eigenvalue weighted by molar-refractivity contribution is -0.378. The van der Waals surface area contributed by atoms with Gasteiger partial charge in [0.25, 0.3) is 0 Å². The second-order valence-corrected chi connectivity index (χ2v) is 20.6. The van der Waals surface area contributed by atoms with Gasteiger partial charge in [0, 0.05) is 0 Å². The molecule has 10 N–H and O–H groups in total. The van der Waals surface area contributed by atoms with Crippen LogP contribution in [0.25, 0.3) is 0 Å². The van der Waals surface area contributed by atoms with Gasteiger partial charge in [-0.05, 0) is 117 Å². The van der Waals surface area contributed by atoms with Gasteiger partial charge in [-0.15, -0.1) is 0 Å². The molecule has 0 amide bonds. The Kier molecular flexibility index (Phi) is 12.9. The number of rotatable bonds is 11. The zero-order chi connectivity index (χ0) is 42.3. The van der Waals surface area contributed by atoms with Gasteiger partial charge in [-0.2, -0.15) is 0 Å². The molecular weight excluding hydrogens is 744 g/mol. The second kappa shape index (κ2) is 16.1. The number of ether oxygens (including phenoxy) is 4. The maximum Gasteiger partial charge on any atom is 0.187 e. The average molecular weight is 817 g/mol. The molecule has 4 aliphatic carbocycles. The van der Waals surface area contributed by atoms with Crippen molar-refractivity contribution in [1.29, 1.82) is 0 Å². The zero-order valence-electron chi connectivity index (χ0n) is 35.0. The molecule has 6 aliphatic rings. The number of hydrogen-bond donors (Lipinski definition) is 10. The Morgan fingerprint density at radius 3 is 1.91 bits per heavy atom. The fraction of sp³-hybridized carbons (Fsp3) is 0.952. The van der Waals surface area contributed by atoms with Crippen LogP contribution in [0.2, 0.25) is 0 Å². The van der Waals surface area contributed by atoms with Gasteiger partial charge in [0.2, 0.25) is 0 Å². The summed E-state index contributed by atoms with van der Waals surface area (Å²) in [6, 6.07) is 0. The smallest absolute Gasteiger partial charge is 0.187 e. The van der Waals surface area contributed by atoms with Gasteiger partial charge >= 0.3 is 0 Å². The summed E-state index contributed by atoms with van der Waals surface area (Å²) in [6.45, 7) is 15.5. The number of aliphatic hydroxyl groups is 9. The first-order valence-corrected chi connectivity index (χ1v) is 21.1. The largest absolute Gasteiger partial charge is 0.394 e. The summed E-state index contributed by atoms with van der Waals surface area (Å²) < 4.78 is 24.3. The number of fused-ring (bicyclic) bond motifs is 5. The van der Waals surface area contributed by atoms with E-state index in [9.17, 15) is 51.2 Å². The summed E-state index contributed by atoms with van der Waals surface area (Å²) in [7, 11) is 0. The van der Waals surface area contributed by atoms with Gasteiger partial charge in [-0.1, -0.05) is 46.8 Å². The first kappa shape index (κ1) is 45.7. The first-order chi connectivity index (χ1) is 26.4. The summed E-state index contributed by atoms with van der Waals surface area (Å²) in [5.74, 6) is 0.112. The van der Waals surface area contributed by atoms with E-state index >= 15 is 0 Å². The van der Waals surface area contributed by atoms with Crippen LogP contribution in [-0.4, -0.2) is 149 Å². The summed E-state index contributed by atoms with van der Waals surface area (Å²) in [5, 5.41) is 107. The summed E-state index contributed by atoms with van der Waals surface area (Å²) in [6.07, 6.45) is -6.86. The maximum atomic E-state index is 12.2. The highest BCUT2D eigenvalue weighted by atomic mass is 17.1. The molecule has 15 nitrogen and oxygen atoms in total. The summed E-state index contributed by atoms with van der Waals surface area (Å²) in [4.78, 5) is 4.56. The number of hydrogen-bond acceptors (Lipinski definition) is 15. The van der Waals surface area contributed by atoms with Crippen LogP contribution in [0.4, 0.5) is 0 Å². The molecule has 6 rings (SSSR count). The van der Waals surface area contributed by atoms with Crippen molar-refractivity contribution in [1.82, 2.24) is 0 Å². The third-order valence-corrected chi connectivity index (χ3v) is 16.7. The first-order valence-electron chi connectivity index (χ1n) is 21.1. The van der Waals surface area contributed by atoms with Crippen molar-refractivity contribution in [3.05, 3.63) is 12.2 Å². The van der Waals surface area contributed by atoms with Crippen molar-refractivity contribution in [3.8, 4) is 0 Å². The van der Waals surface area contributed by atoms with Crippen LogP contribution in [0.1, 0.15) is 107 Å². The summed E-state index contributed by atoms with van der Waals surface area (Å²) >= 11 is 0. The second-order valence-electron chi connectivity index (χ2n) is 20.6. The van der Waals surface area contributed by atoms with Crippen LogP contribution in [0.3, 0.4) is 0 Å². The Morgan fingerprint density at radius 1 is 0.702 bits per heavy atom. The minimum Gasteiger partial charge on any atom is -0.394 e. The Hall–Kier alpha value is -0.860. The molecule has 330 valence electrons. The van der Waals surface area contributed by atoms with Crippen LogP contribution in [0, 0.1) is 45.3 Å². The van der Waals surface area contributed by atoms with Crippen molar-refractivity contribution in [2.24, 2.45) is 45.3 Å². The van der Waals surface area contributed by atoms with Crippen molar-refractivity contribution < 1.29 is 75.1 Å². The molecule has 4 saturated carbocycles. The van der Waals surface area contributed by atoms with Crippen LogP contribution in [-0.2, 0) is 23.8 Å². The molecular formula is C42H72O15. The van der Waals surface area contributed by atoms with E-state index < -0.39 is 103 Å². The highest BCUT2D eigenvalue weighted by Gasteiger charge is 2.71. The molecule has 0 aromatic rings. The van der Waals surface area contributed by atoms with Crippen molar-refractivity contribution in [2.45, 2.75) is 192 Å². The Bertz CT molecular complexity index is 1420. The Labute approximate surface area is 336 Å². The fourth-order valence-electron chi connectivity index (χ4n) is 13.2. The molecule has 20 atom stereocenters. The predicted octanol–water partition coefficient (Wildman–Crippen LogP) is 1.62. The van der Waals surface area contributed by atoms with Gasteiger partial charge in [0.1, 0.15) is 54.4 Å². The SMILES string of the molecule is CC(C)(/C=C/C[C@](C)(O)[C@@H]1CC[C@]2(C)[C@H]1[C@H](O)C[C@H]1[C@@]3(C)CC[C@H](O[C@@H]4O[C@H](CO)[C@@H](O)[C@H](O)[C@H]4O[C@@H]4O[C@H](CO)[C@@H](O)[C@H](O)[C@H]4O)C(C)(C)[C@@H]3CC[C@]12C)OO. The molecule has 2 heterocycles. The molecule has 15 heteroatoms. The lowest BCUT2D eigenvalue weighted by atomic mass is 9.35. The quantitative estimate of drug-likeness (QED) is 0.0616. The highest BCUT2D eigenvalue weighted by molar-refractivity contribution is 5.20. The molecule has 57 heavy (non-hydrogen) atoms. The minimum atomic E-state index is -1.77. The Morgan fingerprint density at radius 2 is 1.30 bits per heavy atom. The zero-order valence-corrected chi connectivity index (χ0v) is 35.0. The standard InChI is InChI=1S/C42H72O15/c1-37(2,57-52)13-9-14-42(8,51)21-10-16-41(7)28(21)22(45)18-26-39(5)15-12-27(38(3,4)25(39)11-17-40(26,41)6)55-36-34(32(49)30(47)24(20-44)54-36)56-35-33(50)31(48)29(46)23(19-43)53-35/h9,13,21-36,43-52H,10-12,14-20H2,1-8H3/b13-9+/t21-,22-,23-,24-,25+,26+,27+,28-,29-,30-,31+,32+,33-,34-,35+,36+,39+,40-,41-,42+/m1/s1. The van der Waals surface area contributed by atoms with Crippen LogP contribution >= 0.6 is 0 Å². The normalized spacial score (nSPS) is 51.2. The van der Waals surface area contributed by atoms with Gasteiger partial charge in [-0.3, -0.25) is 5.26 Å². The monoisotopic (exact) mass is 816 g/mol. The third kappa shape index (κ3) is 7.60. The van der Waals surface area contributed by atoms with E-state index in [1.54, 1.807) is 19.9 Å². The molecule has 0 aromatic heterocycles. The van der Waals surface area contributed by atoms with E-state index in [0.29, 0.717) is 19.3 Å². The van der Waals surface area contributed by atoms with E-state index in [1.807, 2.05) is 13.0 Å². The molecule has 0 unspecified atom stereocenters. The molecule has 0 spiro atoms. The van der Waals surface area contributed by atoms with Crippen molar-refractivity contribution in [2.75, 3.05) is 13.2 Å². The van der Waals surface area contributed by atoms with Crippen LogP contribution in [0.15, 0.2) is 12.2 Å². The van der Waals surface area contributed by atoms with Gasteiger partial charge in [-0.25, -0.2) is 4.89 Å². The number of aliphatic hydroxyl groups excluding tert-OH is 8. The topological polar surface area (TPSA) is 248 Å². The van der Waals surface area contributed by atoms with E-state index in [4.69, 9.17) is 18.9 Å². The molecule has 2 saturated heterocycles. The lowest BCUT2D eigenvalue weighted by Crippen LogP contribution is -2.68. The molecule has 0 aromatic carbocycles. The van der Waals surface area contributed by atoms with E-state index in [0.717, 1.165) is 32.1 Å². The predicted molar refractivity (Wildman–Crippen MR) is 204 cm³/mol. The molecule has 0 bridgehead atoms. The van der Waals surface area contributed by atoms with E-state index in [2.05, 4.69) is 39.5 Å². The van der Waals surface area contributed by atoms with Crippen LogP contribution in [0.5, 0.6) is 0 Å². The van der Waals surface area contributed by atoms with Crippen molar-refractivity contribution >= 4 is 0 Å². The third-order valence-electron chi connectivity index (χ3n) is 16.7. The van der Waals surface area contributed by atoms with Gasteiger partial charge in [0.05, 0.1) is 31.0 Å². The Balaban J connectivity index is 1.22. The van der Waals surface area contributed by atoms with E-state index in [-0.39, 0.29) is 39.9 Å². The van der Waals surface area contributed by atoms with E-state index in [1.165, 1.54) is 0 Å². The average Bonchev–Trinajstić information content (AvgIpc) is 3.53. The van der Waals surface area contributed by atoms with Crippen LogP contribution < -0.4 is 0 Å². The van der Waals surface area contributed by atoms with Gasteiger partial charge in [0.15, 0.2) is 12.6 Å². The lowest BCUT2D eigenvalue weighted by Gasteiger charge is -2.70. The van der Waals surface area contributed by atoms with Gasteiger partial charge < -0.3 is 64.9 Å². The maximum absolute atomic E-state index is 12.2. The minimum absolute atomic E-state index is 0.0950. The van der Waals surface area contributed by atoms with Crippen molar-refractivity contribution in [3.63, 3.8) is 0 Å². The molecule has 0 radical (unpaired) electrons. The molecule has 6 fully saturated rings. The summed E-state index contributed by atoms with van der Waals surface area (Å²) in [5.41, 5.74) is -2.96. The highest BCUT2D eigenvalue weighted by Crippen LogP contribution is 2.76. The fourth-order valence-corrected chi connectivity index (χ4v) is 13.2. The molecule has 2 aliphatic heterocycles.